The highest BCUT2D eigenvalue weighted by atomic mass is 32.1. The standard InChI is InChI=1S/C15H13NO4S/c1-20-12-6-7-21-13(12)14(17)16-8-10(15(18)19)9-4-2-3-5-11(9)16/h2-7,10H,8H2,1H3,(H,18,19)/t10-/m0/s1. The molecule has 108 valence electrons. The number of carboxylic acid groups (broad SMARTS) is 1. The summed E-state index contributed by atoms with van der Waals surface area (Å²) < 4.78 is 5.17. The van der Waals surface area contributed by atoms with E-state index in [1.54, 1.807) is 35.7 Å². The molecule has 6 heteroatoms. The number of ether oxygens (including phenoxy) is 1. The molecule has 1 N–H and O–H groups in total. The number of rotatable bonds is 3. The molecule has 0 fully saturated rings. The molecule has 0 radical (unpaired) electrons. The molecule has 2 aromatic rings. The summed E-state index contributed by atoms with van der Waals surface area (Å²) in [5.41, 5.74) is 1.33. The molecule has 0 bridgehead atoms. The fourth-order valence-electron chi connectivity index (χ4n) is 2.55. The molecule has 2 heterocycles. The van der Waals surface area contributed by atoms with Crippen LogP contribution in [-0.4, -0.2) is 30.6 Å². The number of anilines is 1. The Kier molecular flexibility index (Phi) is 3.39. The van der Waals surface area contributed by atoms with Gasteiger partial charge in [0.25, 0.3) is 5.91 Å². The first-order valence-corrected chi connectivity index (χ1v) is 7.26. The van der Waals surface area contributed by atoms with Gasteiger partial charge in [-0.05, 0) is 23.1 Å². The quantitative estimate of drug-likeness (QED) is 0.946. The molecule has 1 aromatic carbocycles. The van der Waals surface area contributed by atoms with Gasteiger partial charge in [-0.2, -0.15) is 0 Å². The summed E-state index contributed by atoms with van der Waals surface area (Å²) in [6, 6.07) is 8.85. The van der Waals surface area contributed by atoms with Crippen molar-refractivity contribution >= 4 is 28.9 Å². The lowest BCUT2D eigenvalue weighted by Gasteiger charge is -2.17. The predicted octanol–water partition coefficient (Wildman–Crippen LogP) is 2.59. The molecular weight excluding hydrogens is 290 g/mol. The first-order valence-electron chi connectivity index (χ1n) is 6.38. The second-order valence-electron chi connectivity index (χ2n) is 4.68. The lowest BCUT2D eigenvalue weighted by atomic mass is 10.0. The van der Waals surface area contributed by atoms with Crippen LogP contribution in [0.25, 0.3) is 0 Å². The SMILES string of the molecule is COc1ccsc1C(=O)N1C[C@H](C(=O)O)c2ccccc21. The van der Waals surface area contributed by atoms with Gasteiger partial charge in [-0.3, -0.25) is 9.59 Å². The number of fused-ring (bicyclic) bond motifs is 1. The second-order valence-corrected chi connectivity index (χ2v) is 5.60. The van der Waals surface area contributed by atoms with Crippen LogP contribution in [0.4, 0.5) is 5.69 Å². The van der Waals surface area contributed by atoms with Crippen LogP contribution in [0.15, 0.2) is 35.7 Å². The molecule has 21 heavy (non-hydrogen) atoms. The second kappa shape index (κ2) is 5.21. The van der Waals surface area contributed by atoms with Crippen molar-refractivity contribution in [2.45, 2.75) is 5.92 Å². The highest BCUT2D eigenvalue weighted by Crippen LogP contribution is 2.38. The number of nitrogens with zero attached hydrogens (tertiary/aromatic N) is 1. The molecule has 1 aliphatic rings. The zero-order chi connectivity index (χ0) is 15.0. The number of thiophene rings is 1. The Labute approximate surface area is 125 Å². The third-order valence-corrected chi connectivity index (χ3v) is 4.44. The highest BCUT2D eigenvalue weighted by molar-refractivity contribution is 7.12. The zero-order valence-electron chi connectivity index (χ0n) is 11.3. The fourth-order valence-corrected chi connectivity index (χ4v) is 3.35. The van der Waals surface area contributed by atoms with E-state index in [9.17, 15) is 14.7 Å². The van der Waals surface area contributed by atoms with Crippen LogP contribution in [0.2, 0.25) is 0 Å². The van der Waals surface area contributed by atoms with Gasteiger partial charge in [0, 0.05) is 12.2 Å². The van der Waals surface area contributed by atoms with Gasteiger partial charge in [0.2, 0.25) is 0 Å². The molecule has 0 spiro atoms. The number of methoxy groups -OCH3 is 1. The molecule has 0 aliphatic carbocycles. The van der Waals surface area contributed by atoms with Crippen LogP contribution in [0.1, 0.15) is 21.2 Å². The summed E-state index contributed by atoms with van der Waals surface area (Å²) in [4.78, 5) is 26.1. The van der Waals surface area contributed by atoms with Gasteiger partial charge in [0.1, 0.15) is 16.5 Å². The average Bonchev–Trinajstić information content (AvgIpc) is 3.11. The van der Waals surface area contributed by atoms with Gasteiger partial charge in [0.15, 0.2) is 0 Å². The number of benzene rings is 1. The molecule has 5 nitrogen and oxygen atoms in total. The summed E-state index contributed by atoms with van der Waals surface area (Å²) in [5, 5.41) is 11.1. The minimum atomic E-state index is -0.920. The Morgan fingerprint density at radius 3 is 2.81 bits per heavy atom. The number of amides is 1. The van der Waals surface area contributed by atoms with Crippen molar-refractivity contribution in [3.05, 3.63) is 46.2 Å². The maximum absolute atomic E-state index is 12.7. The van der Waals surface area contributed by atoms with Crippen molar-refractivity contribution in [2.24, 2.45) is 0 Å². The van der Waals surface area contributed by atoms with Gasteiger partial charge in [-0.25, -0.2) is 0 Å². The lowest BCUT2D eigenvalue weighted by Crippen LogP contribution is -2.30. The maximum Gasteiger partial charge on any atom is 0.312 e. The fraction of sp³-hybridized carbons (Fsp3) is 0.200. The summed E-state index contributed by atoms with van der Waals surface area (Å²) >= 11 is 1.29. The monoisotopic (exact) mass is 303 g/mol. The van der Waals surface area contributed by atoms with Crippen molar-refractivity contribution in [2.75, 3.05) is 18.6 Å². The molecule has 1 atom stereocenters. The summed E-state index contributed by atoms with van der Waals surface area (Å²) in [5.74, 6) is -1.31. The normalized spacial score (nSPS) is 16.6. The van der Waals surface area contributed by atoms with Gasteiger partial charge in [-0.15, -0.1) is 11.3 Å². The maximum atomic E-state index is 12.7. The van der Waals surface area contributed by atoms with Crippen LogP contribution in [0.3, 0.4) is 0 Å². The average molecular weight is 303 g/mol. The number of carbonyl (C=O) groups is 2. The van der Waals surface area contributed by atoms with E-state index < -0.39 is 11.9 Å². The van der Waals surface area contributed by atoms with E-state index in [1.165, 1.54) is 23.3 Å². The molecule has 1 aromatic heterocycles. The third-order valence-electron chi connectivity index (χ3n) is 3.55. The smallest absolute Gasteiger partial charge is 0.312 e. The molecular formula is C15H13NO4S. The van der Waals surface area contributed by atoms with Crippen molar-refractivity contribution in [3.8, 4) is 5.75 Å². The molecule has 0 unspecified atom stereocenters. The zero-order valence-corrected chi connectivity index (χ0v) is 12.1. The number of para-hydroxylation sites is 1. The van der Waals surface area contributed by atoms with E-state index in [1.807, 2.05) is 0 Å². The number of hydrogen-bond donors (Lipinski definition) is 1. The number of hydrogen-bond acceptors (Lipinski definition) is 4. The molecule has 3 rings (SSSR count). The van der Waals surface area contributed by atoms with E-state index in [2.05, 4.69) is 0 Å². The Balaban J connectivity index is 2.01. The van der Waals surface area contributed by atoms with E-state index in [4.69, 9.17) is 4.74 Å². The van der Waals surface area contributed by atoms with Crippen LogP contribution in [0.5, 0.6) is 5.75 Å². The molecule has 1 aliphatic heterocycles. The minimum Gasteiger partial charge on any atom is -0.495 e. The Morgan fingerprint density at radius 1 is 1.33 bits per heavy atom. The topological polar surface area (TPSA) is 66.8 Å². The Bertz CT molecular complexity index is 709. The van der Waals surface area contributed by atoms with Crippen LogP contribution < -0.4 is 9.64 Å². The summed E-state index contributed by atoms with van der Waals surface area (Å²) in [6.45, 7) is 0.147. The van der Waals surface area contributed by atoms with Crippen LogP contribution in [0, 0.1) is 0 Å². The van der Waals surface area contributed by atoms with Crippen molar-refractivity contribution < 1.29 is 19.4 Å². The summed E-state index contributed by atoms with van der Waals surface area (Å²) in [7, 11) is 1.51. The van der Waals surface area contributed by atoms with Gasteiger partial charge in [-0.1, -0.05) is 18.2 Å². The van der Waals surface area contributed by atoms with Gasteiger partial charge in [0.05, 0.1) is 7.11 Å². The van der Waals surface area contributed by atoms with Crippen molar-refractivity contribution in [1.82, 2.24) is 0 Å². The Hall–Kier alpha value is -2.34. The van der Waals surface area contributed by atoms with E-state index in [0.29, 0.717) is 21.9 Å². The van der Waals surface area contributed by atoms with Crippen LogP contribution in [-0.2, 0) is 4.79 Å². The number of aliphatic carboxylic acids is 1. The highest BCUT2D eigenvalue weighted by Gasteiger charge is 2.37. The van der Waals surface area contributed by atoms with E-state index >= 15 is 0 Å². The summed E-state index contributed by atoms with van der Waals surface area (Å²) in [6.07, 6.45) is 0. The van der Waals surface area contributed by atoms with Crippen LogP contribution >= 0.6 is 11.3 Å². The number of carboxylic acids is 1. The van der Waals surface area contributed by atoms with E-state index in [-0.39, 0.29) is 12.5 Å². The first kappa shape index (κ1) is 13.6. The first-order chi connectivity index (χ1) is 10.1. The van der Waals surface area contributed by atoms with E-state index in [0.717, 1.165) is 0 Å². The lowest BCUT2D eigenvalue weighted by molar-refractivity contribution is -0.138. The van der Waals surface area contributed by atoms with Crippen molar-refractivity contribution in [1.29, 1.82) is 0 Å². The molecule has 0 saturated carbocycles. The van der Waals surface area contributed by atoms with Gasteiger partial charge >= 0.3 is 5.97 Å². The predicted molar refractivity (Wildman–Crippen MR) is 79.4 cm³/mol. The number of carbonyl (C=O) groups excluding carboxylic acids is 1. The third kappa shape index (κ3) is 2.17. The molecule has 0 saturated heterocycles. The van der Waals surface area contributed by atoms with Crippen molar-refractivity contribution in [3.63, 3.8) is 0 Å². The molecule has 1 amide bonds. The van der Waals surface area contributed by atoms with Gasteiger partial charge < -0.3 is 14.7 Å². The Morgan fingerprint density at radius 2 is 2.10 bits per heavy atom. The minimum absolute atomic E-state index is 0.147. The largest absolute Gasteiger partial charge is 0.495 e.